The molecule has 0 radical (unpaired) electrons. The van der Waals surface area contributed by atoms with Gasteiger partial charge in [0.05, 0.1) is 30.7 Å². The highest BCUT2D eigenvalue weighted by Crippen LogP contribution is 2.68. The molecule has 5 aliphatic carbocycles. The minimum Gasteiger partial charge on any atom is -0.480 e. The van der Waals surface area contributed by atoms with E-state index < -0.39 is 54.8 Å². The Bertz CT molecular complexity index is 2260. The van der Waals surface area contributed by atoms with Crippen molar-refractivity contribution in [1.82, 2.24) is 10.2 Å². The Hall–Kier alpha value is -4.38. The zero-order valence-corrected chi connectivity index (χ0v) is 43.9. The number of likely N-dealkylation sites (tertiary alicyclic amines) is 1. The summed E-state index contributed by atoms with van der Waals surface area (Å²) in [5, 5.41) is 35.4. The summed E-state index contributed by atoms with van der Waals surface area (Å²) >= 11 is 1.26. The van der Waals surface area contributed by atoms with E-state index in [1.165, 1.54) is 11.3 Å². The van der Waals surface area contributed by atoms with E-state index >= 15 is 0 Å². The number of fused-ring (bicyclic) bond motifs is 5. The van der Waals surface area contributed by atoms with Gasteiger partial charge in [-0.2, -0.15) is 0 Å². The number of carbonyl (C=O) groups is 6. The molecular formula is C56H79N3O12S. The fourth-order valence-corrected chi connectivity index (χ4v) is 15.7. The van der Waals surface area contributed by atoms with Crippen LogP contribution in [0.4, 0.5) is 5.69 Å². The Morgan fingerprint density at radius 2 is 1.57 bits per heavy atom. The Morgan fingerprint density at radius 1 is 0.861 bits per heavy atom. The molecule has 0 spiro atoms. The van der Waals surface area contributed by atoms with Crippen molar-refractivity contribution in [2.45, 2.75) is 161 Å². The molecule has 4 N–H and O–H groups in total. The average Bonchev–Trinajstić information content (AvgIpc) is 3.96. The molecule has 1 saturated heterocycles. The SMILES string of the molecule is CC1CCC(C(=O)N(c2cc(-c3ccccc3)sc2C(=O)OCOC(=O)CCC(=O)O[C@@H]2CC[C@@]3(C)C(CC(O)C4C3C[C@H](O)[C@@]3(C)C4CCC3[C@H](C)CCC(=O)NCC(=O)O)C2)C2CCN(C)CC2)CC1. The maximum absolute atomic E-state index is 14.6. The number of amides is 2. The van der Waals surface area contributed by atoms with Crippen molar-refractivity contribution in [1.29, 1.82) is 0 Å². The summed E-state index contributed by atoms with van der Waals surface area (Å²) in [4.78, 5) is 83.3. The van der Waals surface area contributed by atoms with Crippen LogP contribution in [0.3, 0.4) is 0 Å². The number of nitrogens with zero attached hydrogens (tertiary/aromatic N) is 2. The molecule has 16 heteroatoms. The van der Waals surface area contributed by atoms with Gasteiger partial charge in [-0.1, -0.05) is 58.0 Å². The molecule has 1 aromatic carbocycles. The third-order valence-electron chi connectivity index (χ3n) is 18.9. The van der Waals surface area contributed by atoms with Gasteiger partial charge in [-0.15, -0.1) is 11.3 Å². The molecule has 8 rings (SSSR count). The number of nitrogens with one attached hydrogen (secondary N) is 1. The van der Waals surface area contributed by atoms with Crippen molar-refractivity contribution in [2.75, 3.05) is 38.4 Å². The lowest BCUT2D eigenvalue weighted by molar-refractivity contribution is -0.209. The summed E-state index contributed by atoms with van der Waals surface area (Å²) < 4.78 is 16.9. The van der Waals surface area contributed by atoms with Crippen molar-refractivity contribution >= 4 is 52.7 Å². The number of rotatable bonds is 17. The first-order chi connectivity index (χ1) is 34.4. The largest absolute Gasteiger partial charge is 0.480 e. The maximum Gasteiger partial charge on any atom is 0.353 e. The van der Waals surface area contributed by atoms with E-state index in [1.54, 1.807) is 0 Å². The van der Waals surface area contributed by atoms with Gasteiger partial charge in [0.25, 0.3) is 0 Å². The van der Waals surface area contributed by atoms with Crippen molar-refractivity contribution < 1.29 is 58.3 Å². The third-order valence-corrected chi connectivity index (χ3v) is 20.0. The van der Waals surface area contributed by atoms with Crippen molar-refractivity contribution in [3.8, 4) is 10.4 Å². The highest BCUT2D eigenvalue weighted by molar-refractivity contribution is 7.18. The number of anilines is 1. The summed E-state index contributed by atoms with van der Waals surface area (Å²) in [7, 11) is 2.08. The predicted molar refractivity (Wildman–Crippen MR) is 271 cm³/mol. The van der Waals surface area contributed by atoms with Crippen LogP contribution >= 0.6 is 11.3 Å². The number of carboxylic acid groups (broad SMARTS) is 1. The number of thiophene rings is 1. The van der Waals surface area contributed by atoms with E-state index in [2.05, 4.69) is 45.0 Å². The van der Waals surface area contributed by atoms with Crippen LogP contribution in [0.5, 0.6) is 0 Å². The highest BCUT2D eigenvalue weighted by atomic mass is 32.1. The molecule has 72 heavy (non-hydrogen) atoms. The van der Waals surface area contributed by atoms with E-state index in [-0.39, 0.29) is 94.9 Å². The number of carbonyl (C=O) groups excluding carboxylic acids is 5. The molecule has 6 aliphatic rings. The predicted octanol–water partition coefficient (Wildman–Crippen LogP) is 8.24. The maximum atomic E-state index is 14.6. The Balaban J connectivity index is 0.835. The molecule has 6 unspecified atom stereocenters. The normalized spacial score (nSPS) is 33.0. The number of aliphatic carboxylic acids is 1. The first-order valence-electron chi connectivity index (χ1n) is 26.9. The summed E-state index contributed by atoms with van der Waals surface area (Å²) in [6.07, 6.45) is 8.94. The lowest BCUT2D eigenvalue weighted by atomic mass is 9.43. The van der Waals surface area contributed by atoms with Gasteiger partial charge in [-0.25, -0.2) is 4.79 Å². The minimum atomic E-state index is -1.08. The number of hydrogen-bond acceptors (Lipinski definition) is 13. The fraction of sp³-hybridized carbons (Fsp3) is 0.714. The molecule has 6 fully saturated rings. The van der Waals surface area contributed by atoms with Gasteiger partial charge >= 0.3 is 23.9 Å². The monoisotopic (exact) mass is 1020 g/mol. The van der Waals surface area contributed by atoms with Crippen LogP contribution in [0.2, 0.25) is 0 Å². The standard InChI is InChI=1S/C56H79N3O12S/c1-33-11-14-36(15-12-33)53(67)59(38-22-25-58(5)26-23-38)43-30-45(35-9-7-6-8-10-35)72-52(43)54(68)70-32-69-49(65)19-20-50(66)71-39-21-24-55(3)37(27-39)28-44(60)51-41-17-16-40(56(41,4)46(61)29-42(51)55)34(2)13-18-47(62)57-31-48(63)64/h6-10,30,33-34,36-42,44,46,51,60-61H,11-29,31-32H2,1-5H3,(H,57,62)(H,63,64)/t33?,34-,36?,37?,39-,40?,41?,42?,44?,46+,51?,55+,56-/m1/s1. The fourth-order valence-electron chi connectivity index (χ4n) is 14.7. The van der Waals surface area contributed by atoms with Gasteiger partial charge in [0.2, 0.25) is 18.6 Å². The number of ether oxygens (including phenoxy) is 3. The van der Waals surface area contributed by atoms with Gasteiger partial charge in [0, 0.05) is 23.3 Å². The van der Waals surface area contributed by atoms with E-state index in [0.717, 1.165) is 81.3 Å². The van der Waals surface area contributed by atoms with Crippen LogP contribution in [0.1, 0.15) is 147 Å². The number of piperidine rings is 1. The zero-order valence-electron chi connectivity index (χ0n) is 43.1. The summed E-state index contributed by atoms with van der Waals surface area (Å²) in [6, 6.07) is 11.6. The van der Waals surface area contributed by atoms with Crippen LogP contribution in [-0.2, 0) is 38.2 Å². The number of aliphatic hydroxyl groups is 2. The van der Waals surface area contributed by atoms with Gasteiger partial charge in [0.1, 0.15) is 17.5 Å². The Labute approximate surface area is 429 Å². The summed E-state index contributed by atoms with van der Waals surface area (Å²) in [5.41, 5.74) is 0.870. The first-order valence-corrected chi connectivity index (χ1v) is 27.8. The second-order valence-corrected chi connectivity index (χ2v) is 24.2. The summed E-state index contributed by atoms with van der Waals surface area (Å²) in [5.74, 6) is -2.18. The quantitative estimate of drug-likeness (QED) is 0.0871. The third kappa shape index (κ3) is 11.6. The molecule has 1 aromatic heterocycles. The van der Waals surface area contributed by atoms with Crippen LogP contribution in [-0.4, -0.2) is 114 Å². The Morgan fingerprint density at radius 3 is 2.28 bits per heavy atom. The van der Waals surface area contributed by atoms with E-state index in [4.69, 9.17) is 19.3 Å². The number of carboxylic acids is 1. The minimum absolute atomic E-state index is 0.0255. The average molecular weight is 1020 g/mol. The number of aliphatic hydroxyl groups excluding tert-OH is 2. The highest BCUT2D eigenvalue weighted by Gasteiger charge is 2.66. The molecule has 15 nitrogen and oxygen atoms in total. The smallest absolute Gasteiger partial charge is 0.353 e. The Kier molecular flexibility index (Phi) is 17.2. The zero-order chi connectivity index (χ0) is 51.5. The number of esters is 3. The van der Waals surface area contributed by atoms with Gasteiger partial charge in [-0.05, 0) is 174 Å². The van der Waals surface area contributed by atoms with Crippen LogP contribution in [0, 0.1) is 58.2 Å². The molecular weight excluding hydrogens is 939 g/mol. The van der Waals surface area contributed by atoms with E-state index in [9.17, 15) is 39.0 Å². The van der Waals surface area contributed by atoms with Crippen LogP contribution in [0.15, 0.2) is 36.4 Å². The lowest BCUT2D eigenvalue weighted by Gasteiger charge is -2.63. The van der Waals surface area contributed by atoms with Crippen molar-refractivity contribution in [3.63, 3.8) is 0 Å². The van der Waals surface area contributed by atoms with Crippen molar-refractivity contribution in [3.05, 3.63) is 41.3 Å². The molecule has 5 saturated carbocycles. The van der Waals surface area contributed by atoms with E-state index in [0.29, 0.717) is 43.7 Å². The van der Waals surface area contributed by atoms with Gasteiger partial charge < -0.3 is 44.6 Å². The molecule has 2 aromatic rings. The van der Waals surface area contributed by atoms with Crippen molar-refractivity contribution in [2.24, 2.45) is 58.2 Å². The second-order valence-electron chi connectivity index (χ2n) is 23.1. The first kappa shape index (κ1) is 53.9. The molecule has 11 atom stereocenters. The van der Waals surface area contributed by atoms with Gasteiger partial charge in [-0.3, -0.25) is 24.0 Å². The van der Waals surface area contributed by atoms with Gasteiger partial charge in [0.15, 0.2) is 0 Å². The molecule has 396 valence electrons. The number of benzene rings is 1. The second kappa shape index (κ2) is 23.0. The van der Waals surface area contributed by atoms with Crippen LogP contribution in [0.25, 0.3) is 10.4 Å². The molecule has 2 heterocycles. The lowest BCUT2D eigenvalue weighted by Crippen LogP contribution is -2.62. The summed E-state index contributed by atoms with van der Waals surface area (Å²) in [6.45, 7) is 9.42. The molecule has 1 aliphatic heterocycles. The topological polar surface area (TPSA) is 209 Å². The number of hydrogen-bond donors (Lipinski definition) is 4. The van der Waals surface area contributed by atoms with E-state index in [1.807, 2.05) is 41.3 Å². The van der Waals surface area contributed by atoms with Crippen LogP contribution < -0.4 is 10.2 Å². The molecule has 0 bridgehead atoms. The molecule has 2 amide bonds.